The summed E-state index contributed by atoms with van der Waals surface area (Å²) in [5, 5.41) is 24.3. The fourth-order valence-electron chi connectivity index (χ4n) is 2.51. The number of carbonyl (C=O) groups is 1. The summed E-state index contributed by atoms with van der Waals surface area (Å²) >= 11 is 0. The van der Waals surface area contributed by atoms with E-state index >= 15 is 0 Å². The maximum atomic E-state index is 10.4. The molecule has 0 saturated heterocycles. The van der Waals surface area contributed by atoms with Crippen molar-refractivity contribution in [1.29, 1.82) is 0 Å². The minimum atomic E-state index is -1.07. The summed E-state index contributed by atoms with van der Waals surface area (Å²) in [6.07, 6.45) is 0.652. The van der Waals surface area contributed by atoms with Crippen molar-refractivity contribution in [2.24, 2.45) is 0 Å². The zero-order valence-corrected chi connectivity index (χ0v) is 13.6. The summed E-state index contributed by atoms with van der Waals surface area (Å²) < 4.78 is 0. The van der Waals surface area contributed by atoms with Crippen molar-refractivity contribution in [3.63, 3.8) is 0 Å². The second-order valence-electron chi connectivity index (χ2n) is 5.68. The van der Waals surface area contributed by atoms with E-state index in [2.05, 4.69) is 22.8 Å². The number of nitrogens with one attached hydrogen (secondary N) is 2. The van der Waals surface area contributed by atoms with Crippen molar-refractivity contribution >= 4 is 11.8 Å². The fourth-order valence-corrected chi connectivity index (χ4v) is 2.51. The van der Waals surface area contributed by atoms with Gasteiger partial charge in [0.05, 0.1) is 6.10 Å². The molecule has 0 aliphatic carbocycles. The Morgan fingerprint density at radius 3 is 2.58 bits per heavy atom. The molecule has 4 N–H and O–H groups in total. The van der Waals surface area contributed by atoms with Gasteiger partial charge in [-0.05, 0) is 42.5 Å². The molecule has 0 saturated carbocycles. The van der Waals surface area contributed by atoms with Crippen molar-refractivity contribution in [3.8, 4) is 0 Å². The van der Waals surface area contributed by atoms with E-state index in [9.17, 15) is 9.90 Å². The molecule has 1 atom stereocenters. The van der Waals surface area contributed by atoms with E-state index in [1.807, 2.05) is 42.5 Å². The van der Waals surface area contributed by atoms with Crippen LogP contribution in [0.15, 0.2) is 54.6 Å². The van der Waals surface area contributed by atoms with Crippen LogP contribution in [-0.4, -0.2) is 29.4 Å². The van der Waals surface area contributed by atoms with E-state index in [1.165, 1.54) is 5.56 Å². The maximum absolute atomic E-state index is 10.4. The Morgan fingerprint density at radius 2 is 1.83 bits per heavy atom. The van der Waals surface area contributed by atoms with Gasteiger partial charge in [-0.3, -0.25) is 0 Å². The van der Waals surface area contributed by atoms with Crippen LogP contribution in [0.25, 0.3) is 0 Å². The molecule has 1 amide bonds. The second-order valence-corrected chi connectivity index (χ2v) is 5.68. The van der Waals surface area contributed by atoms with E-state index in [-0.39, 0.29) is 6.54 Å². The highest BCUT2D eigenvalue weighted by molar-refractivity contribution is 5.64. The molecule has 2 aromatic rings. The van der Waals surface area contributed by atoms with Crippen LogP contribution in [0, 0.1) is 0 Å². The lowest BCUT2D eigenvalue weighted by Crippen LogP contribution is -2.23. The van der Waals surface area contributed by atoms with Gasteiger partial charge in [0.1, 0.15) is 0 Å². The van der Waals surface area contributed by atoms with Crippen LogP contribution in [0.2, 0.25) is 0 Å². The first-order chi connectivity index (χ1) is 11.6. The number of aliphatic hydroxyl groups excluding tert-OH is 1. The lowest BCUT2D eigenvalue weighted by molar-refractivity contribution is 0.162. The van der Waals surface area contributed by atoms with Crippen LogP contribution in [0.1, 0.15) is 30.1 Å². The van der Waals surface area contributed by atoms with Gasteiger partial charge in [-0.1, -0.05) is 42.5 Å². The quantitative estimate of drug-likeness (QED) is 0.532. The summed E-state index contributed by atoms with van der Waals surface area (Å²) in [4.78, 5) is 10.4. The predicted octanol–water partition coefficient (Wildman–Crippen LogP) is 3.42. The van der Waals surface area contributed by atoms with Crippen LogP contribution in [-0.2, 0) is 6.42 Å². The monoisotopic (exact) mass is 328 g/mol. The molecule has 0 bridgehead atoms. The lowest BCUT2D eigenvalue weighted by Gasteiger charge is -2.13. The van der Waals surface area contributed by atoms with Crippen molar-refractivity contribution in [3.05, 3.63) is 65.7 Å². The van der Waals surface area contributed by atoms with Crippen LogP contribution < -0.4 is 10.6 Å². The van der Waals surface area contributed by atoms with Crippen molar-refractivity contribution < 1.29 is 15.0 Å². The molecule has 128 valence electrons. The second kappa shape index (κ2) is 9.57. The van der Waals surface area contributed by atoms with E-state index in [1.54, 1.807) is 0 Å². The smallest absolute Gasteiger partial charge is 0.404 e. The van der Waals surface area contributed by atoms with E-state index in [4.69, 9.17) is 5.11 Å². The largest absolute Gasteiger partial charge is 0.465 e. The molecule has 24 heavy (non-hydrogen) atoms. The summed E-state index contributed by atoms with van der Waals surface area (Å²) in [6.45, 7) is 1.08. The van der Waals surface area contributed by atoms with E-state index < -0.39 is 12.2 Å². The highest BCUT2D eigenvalue weighted by Gasteiger charge is 2.08. The summed E-state index contributed by atoms with van der Waals surface area (Å²) in [6, 6.07) is 18.0. The predicted molar refractivity (Wildman–Crippen MR) is 95.3 cm³/mol. The Balaban J connectivity index is 1.76. The Bertz CT molecular complexity index is 632. The first-order valence-corrected chi connectivity index (χ1v) is 8.18. The molecule has 5 heteroatoms. The minimum Gasteiger partial charge on any atom is -0.465 e. The van der Waals surface area contributed by atoms with Crippen molar-refractivity contribution in [2.45, 2.75) is 25.4 Å². The van der Waals surface area contributed by atoms with Gasteiger partial charge in [0.15, 0.2) is 0 Å². The topological polar surface area (TPSA) is 81.6 Å². The van der Waals surface area contributed by atoms with Gasteiger partial charge in [0, 0.05) is 18.8 Å². The summed E-state index contributed by atoms with van der Waals surface area (Å²) in [5.74, 6) is 0. The number of anilines is 1. The molecule has 0 aromatic heterocycles. The highest BCUT2D eigenvalue weighted by Crippen LogP contribution is 2.20. The Kier molecular flexibility index (Phi) is 7.11. The average Bonchev–Trinajstić information content (AvgIpc) is 2.59. The third-order valence-electron chi connectivity index (χ3n) is 3.78. The third-order valence-corrected chi connectivity index (χ3v) is 3.78. The van der Waals surface area contributed by atoms with Gasteiger partial charge in [-0.2, -0.15) is 0 Å². The molecule has 0 spiro atoms. The zero-order valence-electron chi connectivity index (χ0n) is 13.6. The third kappa shape index (κ3) is 6.30. The zero-order chi connectivity index (χ0) is 17.2. The molecule has 0 heterocycles. The first-order valence-electron chi connectivity index (χ1n) is 8.18. The van der Waals surface area contributed by atoms with Crippen LogP contribution in [0.5, 0.6) is 0 Å². The number of rotatable bonds is 9. The standard InChI is InChI=1S/C19H24N2O3/c22-18(11-13-21-19(23)24)16-9-4-10-17(14-16)20-12-5-8-15-6-2-1-3-7-15/h1-4,6-7,9-10,14,18,20-22H,5,8,11-13H2,(H,23,24). The van der Waals surface area contributed by atoms with Crippen LogP contribution in [0.4, 0.5) is 10.5 Å². The first kappa shape index (κ1) is 17.8. The van der Waals surface area contributed by atoms with Crippen LogP contribution >= 0.6 is 0 Å². The molecular formula is C19H24N2O3. The van der Waals surface area contributed by atoms with Crippen LogP contribution in [0.3, 0.4) is 0 Å². The van der Waals surface area contributed by atoms with Crippen molar-refractivity contribution in [1.82, 2.24) is 5.32 Å². The molecule has 5 nitrogen and oxygen atoms in total. The highest BCUT2D eigenvalue weighted by atomic mass is 16.4. The molecule has 1 unspecified atom stereocenters. The number of benzene rings is 2. The van der Waals surface area contributed by atoms with E-state index in [0.717, 1.165) is 30.6 Å². The Hall–Kier alpha value is -2.53. The number of carboxylic acid groups (broad SMARTS) is 1. The fraction of sp³-hybridized carbons (Fsp3) is 0.316. The maximum Gasteiger partial charge on any atom is 0.404 e. The van der Waals surface area contributed by atoms with Gasteiger partial charge in [0.2, 0.25) is 0 Å². The molecule has 2 aromatic carbocycles. The molecule has 0 fully saturated rings. The van der Waals surface area contributed by atoms with Gasteiger partial charge < -0.3 is 20.8 Å². The number of aryl methyl sites for hydroxylation is 1. The van der Waals surface area contributed by atoms with Gasteiger partial charge in [0.25, 0.3) is 0 Å². The summed E-state index contributed by atoms with van der Waals surface area (Å²) in [7, 11) is 0. The number of aliphatic hydroxyl groups is 1. The molecule has 0 radical (unpaired) electrons. The number of hydrogen-bond donors (Lipinski definition) is 4. The number of hydrogen-bond acceptors (Lipinski definition) is 3. The van der Waals surface area contributed by atoms with Gasteiger partial charge in [-0.25, -0.2) is 4.79 Å². The van der Waals surface area contributed by atoms with Crippen molar-refractivity contribution in [2.75, 3.05) is 18.4 Å². The lowest BCUT2D eigenvalue weighted by atomic mass is 10.1. The SMILES string of the molecule is O=C(O)NCCC(O)c1cccc(NCCCc2ccccc2)c1. The molecule has 0 aliphatic rings. The molecular weight excluding hydrogens is 304 g/mol. The van der Waals surface area contributed by atoms with Gasteiger partial charge >= 0.3 is 6.09 Å². The van der Waals surface area contributed by atoms with Gasteiger partial charge in [-0.15, -0.1) is 0 Å². The molecule has 2 rings (SSSR count). The Morgan fingerprint density at radius 1 is 1.04 bits per heavy atom. The normalized spacial score (nSPS) is 11.7. The Labute approximate surface area is 142 Å². The minimum absolute atomic E-state index is 0.227. The number of amides is 1. The average molecular weight is 328 g/mol. The van der Waals surface area contributed by atoms with E-state index in [0.29, 0.717) is 6.42 Å². The molecule has 0 aliphatic heterocycles. The summed E-state index contributed by atoms with van der Waals surface area (Å²) in [5.41, 5.74) is 3.08.